The normalized spacial score (nSPS) is 17.2. The number of nitriles is 1. The Bertz CT molecular complexity index is 1600. The van der Waals surface area contributed by atoms with Gasteiger partial charge in [-0.15, -0.1) is 0 Å². The van der Waals surface area contributed by atoms with E-state index in [1.165, 1.54) is 17.4 Å². The van der Waals surface area contributed by atoms with Crippen molar-refractivity contribution in [2.75, 3.05) is 36.0 Å². The zero-order chi connectivity index (χ0) is 29.8. The van der Waals surface area contributed by atoms with Crippen LogP contribution in [-0.2, 0) is 11.3 Å². The van der Waals surface area contributed by atoms with Crippen LogP contribution in [0.2, 0.25) is 0 Å². The minimum atomic E-state index is -0.272. The Morgan fingerprint density at radius 1 is 1.00 bits per heavy atom. The summed E-state index contributed by atoms with van der Waals surface area (Å²) in [7, 11) is 0. The molecular weight excluding hydrogens is 563 g/mol. The number of benzene rings is 2. The van der Waals surface area contributed by atoms with Crippen LogP contribution < -0.4 is 15.4 Å². The second-order valence-electron chi connectivity index (χ2n) is 10.6. The molecule has 1 amide bonds. The van der Waals surface area contributed by atoms with Gasteiger partial charge in [0, 0.05) is 44.0 Å². The predicted octanol–water partition coefficient (Wildman–Crippen LogP) is 6.12. The maximum atomic E-state index is 13.8. The molecule has 0 bridgehead atoms. The van der Waals surface area contributed by atoms with Gasteiger partial charge in [-0.25, -0.2) is 0 Å². The summed E-state index contributed by atoms with van der Waals surface area (Å²) in [6, 6.07) is 22.1. The first-order valence-corrected chi connectivity index (χ1v) is 15.6. The smallest absolute Gasteiger partial charge is 0.270 e. The fourth-order valence-electron chi connectivity index (χ4n) is 5.65. The van der Waals surface area contributed by atoms with Crippen LogP contribution in [0.15, 0.2) is 70.4 Å². The van der Waals surface area contributed by atoms with Crippen molar-refractivity contribution in [3.8, 4) is 6.07 Å². The molecule has 3 aromatic rings. The summed E-state index contributed by atoms with van der Waals surface area (Å²) in [5.41, 5.74) is 3.36. The number of rotatable bonds is 8. The number of carbonyl (C=O) groups is 1. The van der Waals surface area contributed by atoms with Gasteiger partial charge in [-0.05, 0) is 49.6 Å². The Balaban J connectivity index is 1.57. The maximum Gasteiger partial charge on any atom is 0.270 e. The van der Waals surface area contributed by atoms with Crippen LogP contribution in [0.3, 0.4) is 0 Å². The first kappa shape index (κ1) is 29.6. The number of thiocarbonyl (C=S) groups is 1. The second-order valence-corrected chi connectivity index (χ2v) is 12.3. The molecule has 0 radical (unpaired) electrons. The third-order valence-corrected chi connectivity index (χ3v) is 9.38. The summed E-state index contributed by atoms with van der Waals surface area (Å²) >= 11 is 6.97. The van der Waals surface area contributed by atoms with E-state index in [1.807, 2.05) is 68.5 Å². The van der Waals surface area contributed by atoms with E-state index in [1.54, 1.807) is 9.47 Å². The molecule has 5 rings (SSSR count). The molecule has 2 saturated heterocycles. The molecule has 1 aromatic heterocycles. The number of aromatic nitrogens is 1. The highest BCUT2D eigenvalue weighted by Crippen LogP contribution is 2.40. The standard InChI is InChI=1S/C33H35N5O2S2/c1-4-5-16-37-30(36-19-17-35(18-20-36)26-14-10-7-11-15-26)27(23(2)28(22-34)31(37)39)21-29-32(40)38(33(41)42-29)24(3)25-12-8-6-9-13-25/h6-15,21,24H,4-5,16-20H2,1-3H3/b29-21-. The van der Waals surface area contributed by atoms with E-state index in [9.17, 15) is 14.9 Å². The van der Waals surface area contributed by atoms with Crippen molar-refractivity contribution in [1.29, 1.82) is 5.26 Å². The SMILES string of the molecule is CCCCn1c(N2CCN(c3ccccc3)CC2)c(/C=C2\SC(=S)N(C(C)c3ccccc3)C2=O)c(C)c(C#N)c1=O. The highest BCUT2D eigenvalue weighted by molar-refractivity contribution is 8.26. The number of piperazine rings is 1. The molecule has 1 unspecified atom stereocenters. The number of hydrogen-bond donors (Lipinski definition) is 0. The lowest BCUT2D eigenvalue weighted by Gasteiger charge is -2.39. The van der Waals surface area contributed by atoms with E-state index in [0.717, 1.165) is 42.9 Å². The molecule has 3 heterocycles. The molecular formula is C33H35N5O2S2. The molecule has 2 aliphatic rings. The van der Waals surface area contributed by atoms with Crippen LogP contribution in [0.4, 0.5) is 11.5 Å². The second kappa shape index (κ2) is 13.0. The number of carbonyl (C=O) groups excluding carboxylic acids is 1. The molecule has 0 N–H and O–H groups in total. The first-order valence-electron chi connectivity index (χ1n) is 14.4. The molecule has 216 valence electrons. The van der Waals surface area contributed by atoms with Crippen LogP contribution in [0.5, 0.6) is 0 Å². The van der Waals surface area contributed by atoms with Gasteiger partial charge in [0.25, 0.3) is 11.5 Å². The van der Waals surface area contributed by atoms with Gasteiger partial charge in [-0.3, -0.25) is 19.1 Å². The molecule has 2 aromatic carbocycles. The summed E-state index contributed by atoms with van der Waals surface area (Å²) < 4.78 is 2.25. The van der Waals surface area contributed by atoms with Crippen LogP contribution in [0.1, 0.15) is 55.0 Å². The Morgan fingerprint density at radius 3 is 2.24 bits per heavy atom. The van der Waals surface area contributed by atoms with Gasteiger partial charge in [0.15, 0.2) is 0 Å². The third-order valence-electron chi connectivity index (χ3n) is 8.05. The summed E-state index contributed by atoms with van der Waals surface area (Å²) in [4.78, 5) is 34.2. The molecule has 0 saturated carbocycles. The molecule has 42 heavy (non-hydrogen) atoms. The van der Waals surface area contributed by atoms with Crippen molar-refractivity contribution < 1.29 is 4.79 Å². The molecule has 2 fully saturated rings. The van der Waals surface area contributed by atoms with Crippen molar-refractivity contribution in [3.05, 3.63) is 98.2 Å². The summed E-state index contributed by atoms with van der Waals surface area (Å²) in [6.45, 7) is 9.38. The van der Waals surface area contributed by atoms with Crippen molar-refractivity contribution in [2.24, 2.45) is 0 Å². The maximum absolute atomic E-state index is 13.8. The van der Waals surface area contributed by atoms with Crippen LogP contribution in [0.25, 0.3) is 6.08 Å². The zero-order valence-corrected chi connectivity index (χ0v) is 25.9. The highest BCUT2D eigenvalue weighted by atomic mass is 32.2. The van der Waals surface area contributed by atoms with Gasteiger partial charge in [-0.2, -0.15) is 5.26 Å². The number of anilines is 2. The minimum Gasteiger partial charge on any atom is -0.368 e. The van der Waals surface area contributed by atoms with E-state index in [-0.39, 0.29) is 23.1 Å². The fourth-order valence-corrected chi connectivity index (χ4v) is 7.05. The van der Waals surface area contributed by atoms with Gasteiger partial charge >= 0.3 is 0 Å². The molecule has 1 atom stereocenters. The quantitative estimate of drug-likeness (QED) is 0.229. The zero-order valence-electron chi connectivity index (χ0n) is 24.2. The Hall–Kier alpha value is -3.87. The van der Waals surface area contributed by atoms with Crippen LogP contribution in [-0.4, -0.2) is 45.9 Å². The van der Waals surface area contributed by atoms with Gasteiger partial charge in [0.2, 0.25) is 0 Å². The van der Waals surface area contributed by atoms with Crippen molar-refractivity contribution in [3.63, 3.8) is 0 Å². The molecule has 7 nitrogen and oxygen atoms in total. The number of unbranched alkanes of at least 4 members (excludes halogenated alkanes) is 1. The minimum absolute atomic E-state index is 0.122. The fraction of sp³-hybridized carbons (Fsp3) is 0.333. The van der Waals surface area contributed by atoms with E-state index >= 15 is 0 Å². The van der Waals surface area contributed by atoms with E-state index < -0.39 is 0 Å². The lowest BCUT2D eigenvalue weighted by atomic mass is 10.0. The lowest BCUT2D eigenvalue weighted by molar-refractivity contribution is -0.123. The number of hydrogen-bond acceptors (Lipinski definition) is 7. The number of amides is 1. The van der Waals surface area contributed by atoms with Gasteiger partial charge < -0.3 is 9.80 Å². The van der Waals surface area contributed by atoms with Gasteiger partial charge in [0.05, 0.1) is 10.9 Å². The average molecular weight is 598 g/mol. The largest absolute Gasteiger partial charge is 0.368 e. The third kappa shape index (κ3) is 5.74. The lowest BCUT2D eigenvalue weighted by Crippen LogP contribution is -2.48. The number of pyridine rings is 1. The molecule has 2 aliphatic heterocycles. The summed E-state index contributed by atoms with van der Waals surface area (Å²) in [5, 5.41) is 10.0. The predicted molar refractivity (Wildman–Crippen MR) is 176 cm³/mol. The van der Waals surface area contributed by atoms with Crippen molar-refractivity contribution in [2.45, 2.75) is 46.2 Å². The van der Waals surface area contributed by atoms with Gasteiger partial charge in [0.1, 0.15) is 21.8 Å². The summed E-state index contributed by atoms with van der Waals surface area (Å²) in [6.07, 6.45) is 3.57. The van der Waals surface area contributed by atoms with E-state index in [0.29, 0.717) is 34.4 Å². The monoisotopic (exact) mass is 597 g/mol. The Morgan fingerprint density at radius 2 is 1.62 bits per heavy atom. The van der Waals surface area contributed by atoms with Crippen molar-refractivity contribution >= 4 is 51.8 Å². The number of nitrogens with zero attached hydrogens (tertiary/aromatic N) is 5. The van der Waals surface area contributed by atoms with Gasteiger partial charge in [-0.1, -0.05) is 85.9 Å². The first-order chi connectivity index (χ1) is 20.3. The Kier molecular flexibility index (Phi) is 9.15. The Labute approximate surface area is 257 Å². The summed E-state index contributed by atoms with van der Waals surface area (Å²) in [5.74, 6) is 0.615. The topological polar surface area (TPSA) is 72.6 Å². The number of para-hydroxylation sites is 1. The van der Waals surface area contributed by atoms with Crippen molar-refractivity contribution in [1.82, 2.24) is 9.47 Å². The average Bonchev–Trinajstić information content (AvgIpc) is 3.30. The van der Waals surface area contributed by atoms with Crippen LogP contribution in [0, 0.1) is 18.3 Å². The van der Waals surface area contributed by atoms with E-state index in [2.05, 4.69) is 34.9 Å². The van der Waals surface area contributed by atoms with E-state index in [4.69, 9.17) is 12.2 Å². The highest BCUT2D eigenvalue weighted by Gasteiger charge is 2.37. The molecule has 0 aliphatic carbocycles. The van der Waals surface area contributed by atoms with Crippen LogP contribution >= 0.6 is 24.0 Å². The molecule has 0 spiro atoms. The number of thioether (sulfide) groups is 1. The molecule has 9 heteroatoms.